The Kier molecular flexibility index (Phi) is 13.6. The van der Waals surface area contributed by atoms with Crippen molar-refractivity contribution < 1.29 is 13.3 Å². The van der Waals surface area contributed by atoms with E-state index in [1.807, 2.05) is 80.8 Å². The molecule has 1 aromatic heterocycles. The summed E-state index contributed by atoms with van der Waals surface area (Å²) in [5, 5.41) is 17.4. The number of hydrogen-bond acceptors (Lipinski definition) is 11. The molecule has 1 aliphatic rings. The lowest BCUT2D eigenvalue weighted by Crippen LogP contribution is -2.46. The predicted octanol–water partition coefficient (Wildman–Crippen LogP) is 9.16. The number of benzene rings is 5. The Labute approximate surface area is 358 Å². The molecular weight excluding hydrogens is 828 g/mol. The molecule has 6 aromatic rings. The highest BCUT2D eigenvalue weighted by atomic mass is 35.5. The number of aromatic nitrogens is 2. The predicted molar refractivity (Wildman–Crippen MR) is 241 cm³/mol. The van der Waals surface area contributed by atoms with Gasteiger partial charge in [-0.15, -0.1) is 11.8 Å². The van der Waals surface area contributed by atoms with Gasteiger partial charge in [0.1, 0.15) is 12.0 Å². The van der Waals surface area contributed by atoms with Crippen LogP contribution in [0.15, 0.2) is 125 Å². The number of nitrogens with zero attached hydrogens (tertiary/aromatic N) is 6. The molecule has 2 N–H and O–H groups in total. The molecule has 0 radical (unpaired) electrons. The average Bonchev–Trinajstić information content (AvgIpc) is 3.22. The van der Waals surface area contributed by atoms with Gasteiger partial charge in [0.25, 0.3) is 15.7 Å². The highest BCUT2D eigenvalue weighted by Crippen LogP contribution is 2.35. The highest BCUT2D eigenvalue weighted by Gasteiger charge is 2.25. The molecule has 12 nitrogen and oxygen atoms in total. The number of nitrogens with one attached hydrogen (secondary N) is 2. The number of rotatable bonds is 16. The molecule has 1 atom stereocenters. The van der Waals surface area contributed by atoms with E-state index in [1.54, 1.807) is 23.9 Å². The molecular formula is C43H44Cl2N8O4S2. The van der Waals surface area contributed by atoms with E-state index >= 15 is 0 Å². The van der Waals surface area contributed by atoms with Gasteiger partial charge in [-0.05, 0) is 92.8 Å². The second-order valence-corrected chi connectivity index (χ2v) is 18.2. The second kappa shape index (κ2) is 19.0. The lowest BCUT2D eigenvalue weighted by Gasteiger charge is -2.36. The standard InChI is InChI=1S/C43H44Cl2N8O4S2/c1-50(2)19-18-32(28-58-34-9-4-3-5-10-34)48-40-17-14-35(26-42(40)53(54)55)59(56,57)49-43-38-16-13-33(25-41(38)46-29-47-43)52-22-20-51(21-23-52)27-30-8-6-7-11-36(30)37-15-12-31(44)24-39(37)45/h3-17,24-26,29,32,48H,18-23,27-28H2,1-2H3,(H,46,47,49). The summed E-state index contributed by atoms with van der Waals surface area (Å²) in [6.45, 7) is 4.77. The van der Waals surface area contributed by atoms with E-state index < -0.39 is 14.9 Å². The Bertz CT molecular complexity index is 2540. The van der Waals surface area contributed by atoms with Crippen molar-refractivity contribution in [2.45, 2.75) is 28.8 Å². The SMILES string of the molecule is CN(C)CCC(CSc1ccccc1)Nc1ccc(S(=O)(=O)Nc2ncnc3cc(N4CCN(Cc5ccccc5-c5ccc(Cl)cc5Cl)CC4)ccc23)cc1[N+](=O)[O-]. The molecule has 306 valence electrons. The van der Waals surface area contributed by atoms with Crippen LogP contribution >= 0.6 is 35.0 Å². The minimum Gasteiger partial charge on any atom is -0.376 e. The van der Waals surface area contributed by atoms with Crippen LogP contribution in [0.3, 0.4) is 0 Å². The van der Waals surface area contributed by atoms with Crippen LogP contribution in [0.1, 0.15) is 12.0 Å². The van der Waals surface area contributed by atoms with E-state index in [1.165, 1.54) is 24.0 Å². The molecule has 1 aliphatic heterocycles. The highest BCUT2D eigenvalue weighted by molar-refractivity contribution is 7.99. The van der Waals surface area contributed by atoms with Crippen molar-refractivity contribution in [3.63, 3.8) is 0 Å². The zero-order chi connectivity index (χ0) is 41.5. The summed E-state index contributed by atoms with van der Waals surface area (Å²) in [5.74, 6) is 0.740. The van der Waals surface area contributed by atoms with Gasteiger partial charge in [-0.2, -0.15) is 0 Å². The van der Waals surface area contributed by atoms with Crippen LogP contribution in [-0.2, 0) is 16.6 Å². The molecule has 0 spiro atoms. The van der Waals surface area contributed by atoms with Crippen molar-refractivity contribution in [3.8, 4) is 11.1 Å². The van der Waals surface area contributed by atoms with Crippen molar-refractivity contribution in [1.82, 2.24) is 19.8 Å². The number of halogens is 2. The fraction of sp³-hybridized carbons (Fsp3) is 0.256. The van der Waals surface area contributed by atoms with Crippen molar-refractivity contribution in [3.05, 3.63) is 141 Å². The van der Waals surface area contributed by atoms with E-state index in [-0.39, 0.29) is 28.1 Å². The molecule has 16 heteroatoms. The molecule has 0 saturated carbocycles. The Morgan fingerprint density at radius 3 is 2.39 bits per heavy atom. The van der Waals surface area contributed by atoms with Crippen molar-refractivity contribution >= 4 is 78.8 Å². The van der Waals surface area contributed by atoms with Crippen LogP contribution in [0.4, 0.5) is 22.9 Å². The summed E-state index contributed by atoms with van der Waals surface area (Å²) >= 11 is 14.4. The maximum absolute atomic E-state index is 13.8. The zero-order valence-corrected chi connectivity index (χ0v) is 35.7. The van der Waals surface area contributed by atoms with E-state index in [2.05, 4.69) is 46.8 Å². The number of hydrogen-bond donors (Lipinski definition) is 2. The number of thioether (sulfide) groups is 1. The van der Waals surface area contributed by atoms with Crippen LogP contribution in [-0.4, -0.2) is 91.7 Å². The lowest BCUT2D eigenvalue weighted by molar-refractivity contribution is -0.384. The van der Waals surface area contributed by atoms with Crippen LogP contribution in [0, 0.1) is 10.1 Å². The van der Waals surface area contributed by atoms with E-state index in [0.29, 0.717) is 26.7 Å². The van der Waals surface area contributed by atoms with E-state index in [9.17, 15) is 18.5 Å². The number of fused-ring (bicyclic) bond motifs is 1. The summed E-state index contributed by atoms with van der Waals surface area (Å²) in [7, 11) is -0.325. The van der Waals surface area contributed by atoms with Crippen molar-refractivity contribution in [1.29, 1.82) is 0 Å². The Morgan fingerprint density at radius 1 is 0.881 bits per heavy atom. The van der Waals surface area contributed by atoms with Crippen LogP contribution < -0.4 is 14.9 Å². The van der Waals surface area contributed by atoms with Gasteiger partial charge in [0.2, 0.25) is 0 Å². The summed E-state index contributed by atoms with van der Waals surface area (Å²) in [5.41, 5.74) is 4.66. The molecule has 59 heavy (non-hydrogen) atoms. The molecule has 0 amide bonds. The topological polar surface area (TPSA) is 137 Å². The molecule has 1 saturated heterocycles. The first-order valence-corrected chi connectivity index (χ1v) is 22.3. The summed E-state index contributed by atoms with van der Waals surface area (Å²) in [6, 6.07) is 33.3. The minimum absolute atomic E-state index is 0.0809. The second-order valence-electron chi connectivity index (χ2n) is 14.6. The average molecular weight is 872 g/mol. The number of sulfonamides is 1. The van der Waals surface area contributed by atoms with E-state index in [0.717, 1.165) is 73.5 Å². The van der Waals surface area contributed by atoms with Gasteiger partial charge >= 0.3 is 0 Å². The smallest absolute Gasteiger partial charge is 0.293 e. The van der Waals surface area contributed by atoms with Gasteiger partial charge in [0.05, 0.1) is 15.3 Å². The van der Waals surface area contributed by atoms with Crippen molar-refractivity contribution in [2.24, 2.45) is 0 Å². The first-order valence-electron chi connectivity index (χ1n) is 19.1. The lowest BCUT2D eigenvalue weighted by atomic mass is 9.99. The molecule has 1 unspecified atom stereocenters. The fourth-order valence-corrected chi connectivity index (χ4v) is 9.59. The zero-order valence-electron chi connectivity index (χ0n) is 32.6. The third kappa shape index (κ3) is 10.6. The Morgan fingerprint density at radius 2 is 1.64 bits per heavy atom. The third-order valence-corrected chi connectivity index (χ3v) is 13.2. The number of piperazine rings is 1. The van der Waals surface area contributed by atoms with Gasteiger partial charge in [0.15, 0.2) is 5.82 Å². The Balaban J connectivity index is 1.02. The molecule has 5 aromatic carbocycles. The van der Waals surface area contributed by atoms with E-state index in [4.69, 9.17) is 23.2 Å². The van der Waals surface area contributed by atoms with Gasteiger partial charge in [-0.1, -0.05) is 71.7 Å². The van der Waals surface area contributed by atoms with Gasteiger partial charge < -0.3 is 15.1 Å². The number of nitro benzene ring substituents is 1. The van der Waals surface area contributed by atoms with Crippen LogP contribution in [0.5, 0.6) is 0 Å². The largest absolute Gasteiger partial charge is 0.376 e. The first kappa shape index (κ1) is 42.2. The Hall–Kier alpha value is -4.96. The first-order chi connectivity index (χ1) is 28.4. The fourth-order valence-electron chi connectivity index (χ4n) is 7.04. The number of anilines is 3. The van der Waals surface area contributed by atoms with Crippen LogP contribution in [0.2, 0.25) is 10.0 Å². The molecule has 0 aliphatic carbocycles. The minimum atomic E-state index is -4.27. The number of nitro groups is 1. The van der Waals surface area contributed by atoms with Gasteiger partial charge in [-0.25, -0.2) is 18.4 Å². The summed E-state index contributed by atoms with van der Waals surface area (Å²) in [4.78, 5) is 28.0. The van der Waals surface area contributed by atoms with Gasteiger partial charge in [0, 0.05) is 82.2 Å². The summed E-state index contributed by atoms with van der Waals surface area (Å²) in [6.07, 6.45) is 2.03. The van der Waals surface area contributed by atoms with Crippen LogP contribution in [0.25, 0.3) is 22.0 Å². The maximum atomic E-state index is 13.8. The molecule has 1 fully saturated rings. The summed E-state index contributed by atoms with van der Waals surface area (Å²) < 4.78 is 30.1. The molecule has 0 bridgehead atoms. The monoisotopic (exact) mass is 870 g/mol. The quantitative estimate of drug-likeness (QED) is 0.0548. The normalized spacial score (nSPS) is 14.1. The van der Waals surface area contributed by atoms with Crippen molar-refractivity contribution in [2.75, 3.05) is 67.5 Å². The molecule has 2 heterocycles. The van der Waals surface area contributed by atoms with Gasteiger partial charge in [-0.3, -0.25) is 19.7 Å². The maximum Gasteiger partial charge on any atom is 0.293 e. The molecule has 7 rings (SSSR count). The third-order valence-electron chi connectivity index (χ3n) is 10.2.